The van der Waals surface area contributed by atoms with Crippen LogP contribution in [0, 0.1) is 0 Å². The molecule has 2 saturated heterocycles. The highest BCUT2D eigenvalue weighted by atomic mass is 16.5. The number of nitrogens with zero attached hydrogens (tertiary/aromatic N) is 3. The van der Waals surface area contributed by atoms with E-state index in [0.717, 1.165) is 64.0 Å². The molecular weight excluding hydrogens is 316 g/mol. The second-order valence-electron chi connectivity index (χ2n) is 7.16. The standard InChI is InChI=1S/C19H32N4O2/c1-4-16-15(17(5-2)22(3)21-16)13-20-19(24)18-7-6-10-23(18)14-8-11-25-12-9-14/h14,18H,4-13H2,1-3H3,(H,20,24). The van der Waals surface area contributed by atoms with E-state index in [-0.39, 0.29) is 11.9 Å². The molecule has 1 aromatic rings. The van der Waals surface area contributed by atoms with E-state index in [1.165, 1.54) is 11.3 Å². The Bertz CT molecular complexity index is 592. The summed E-state index contributed by atoms with van der Waals surface area (Å²) in [6.45, 7) is 7.55. The van der Waals surface area contributed by atoms with E-state index >= 15 is 0 Å². The molecular formula is C19H32N4O2. The van der Waals surface area contributed by atoms with Crippen molar-refractivity contribution in [2.45, 2.75) is 71.0 Å². The second-order valence-corrected chi connectivity index (χ2v) is 7.16. The summed E-state index contributed by atoms with van der Waals surface area (Å²) in [5, 5.41) is 7.81. The molecule has 2 aliphatic rings. The number of nitrogens with one attached hydrogen (secondary N) is 1. The zero-order valence-electron chi connectivity index (χ0n) is 15.9. The fourth-order valence-corrected chi connectivity index (χ4v) is 4.41. The van der Waals surface area contributed by atoms with Crippen LogP contribution in [-0.2, 0) is 36.0 Å². The molecule has 1 atom stereocenters. The number of aryl methyl sites for hydroxylation is 2. The van der Waals surface area contributed by atoms with Crippen molar-refractivity contribution in [1.29, 1.82) is 0 Å². The summed E-state index contributed by atoms with van der Waals surface area (Å²) in [5.41, 5.74) is 3.54. The molecule has 0 bridgehead atoms. The Kier molecular flexibility index (Phi) is 6.12. The average Bonchev–Trinajstić information content (AvgIpc) is 3.24. The minimum absolute atomic E-state index is 0.0231. The van der Waals surface area contributed by atoms with Crippen molar-refractivity contribution in [3.63, 3.8) is 0 Å². The van der Waals surface area contributed by atoms with Crippen LogP contribution in [0.3, 0.4) is 0 Å². The third kappa shape index (κ3) is 3.90. The van der Waals surface area contributed by atoms with Gasteiger partial charge >= 0.3 is 0 Å². The van der Waals surface area contributed by atoms with Crippen molar-refractivity contribution >= 4 is 5.91 Å². The monoisotopic (exact) mass is 348 g/mol. The highest BCUT2D eigenvalue weighted by Gasteiger charge is 2.35. The van der Waals surface area contributed by atoms with Crippen LogP contribution < -0.4 is 5.32 Å². The first kappa shape index (κ1) is 18.4. The molecule has 1 amide bonds. The van der Waals surface area contributed by atoms with Crippen LogP contribution in [0.15, 0.2) is 0 Å². The first-order chi connectivity index (χ1) is 12.2. The quantitative estimate of drug-likeness (QED) is 0.852. The number of hydrogen-bond acceptors (Lipinski definition) is 4. The van der Waals surface area contributed by atoms with E-state index in [1.807, 2.05) is 11.7 Å². The molecule has 1 N–H and O–H groups in total. The van der Waals surface area contributed by atoms with Gasteiger partial charge in [-0.3, -0.25) is 14.4 Å². The molecule has 3 heterocycles. The molecule has 1 unspecified atom stereocenters. The lowest BCUT2D eigenvalue weighted by Crippen LogP contribution is -2.49. The Morgan fingerprint density at radius 1 is 1.24 bits per heavy atom. The van der Waals surface area contributed by atoms with Gasteiger partial charge < -0.3 is 10.1 Å². The number of aromatic nitrogens is 2. The maximum atomic E-state index is 12.9. The maximum absolute atomic E-state index is 12.9. The Balaban J connectivity index is 1.64. The van der Waals surface area contributed by atoms with E-state index in [1.54, 1.807) is 0 Å². The molecule has 6 nitrogen and oxygen atoms in total. The molecule has 2 fully saturated rings. The smallest absolute Gasteiger partial charge is 0.237 e. The summed E-state index contributed by atoms with van der Waals surface area (Å²) < 4.78 is 7.44. The van der Waals surface area contributed by atoms with Crippen LogP contribution >= 0.6 is 0 Å². The van der Waals surface area contributed by atoms with Gasteiger partial charge in [0.25, 0.3) is 0 Å². The van der Waals surface area contributed by atoms with Crippen LogP contribution in [0.25, 0.3) is 0 Å². The van der Waals surface area contributed by atoms with Gasteiger partial charge in [0, 0.05) is 44.1 Å². The predicted octanol–water partition coefficient (Wildman–Crippen LogP) is 1.80. The number of amides is 1. The van der Waals surface area contributed by atoms with Gasteiger partial charge in [-0.1, -0.05) is 13.8 Å². The first-order valence-corrected chi connectivity index (χ1v) is 9.80. The summed E-state index contributed by atoms with van der Waals surface area (Å²) in [5.74, 6) is 0.178. The average molecular weight is 348 g/mol. The summed E-state index contributed by atoms with van der Waals surface area (Å²) in [7, 11) is 1.99. The fraction of sp³-hybridized carbons (Fsp3) is 0.789. The van der Waals surface area contributed by atoms with E-state index in [4.69, 9.17) is 4.74 Å². The number of carbonyl (C=O) groups is 1. The van der Waals surface area contributed by atoms with Crippen LogP contribution in [-0.4, -0.2) is 52.4 Å². The molecule has 25 heavy (non-hydrogen) atoms. The summed E-state index contributed by atoms with van der Waals surface area (Å²) in [4.78, 5) is 15.3. The summed E-state index contributed by atoms with van der Waals surface area (Å²) >= 11 is 0. The predicted molar refractivity (Wildman–Crippen MR) is 97.4 cm³/mol. The van der Waals surface area contributed by atoms with Gasteiger partial charge in [0.2, 0.25) is 5.91 Å². The van der Waals surface area contributed by atoms with Gasteiger partial charge in [-0.05, 0) is 45.1 Å². The molecule has 3 rings (SSSR count). The zero-order valence-corrected chi connectivity index (χ0v) is 15.9. The normalized spacial score (nSPS) is 22.4. The van der Waals surface area contributed by atoms with E-state index < -0.39 is 0 Å². The Hall–Kier alpha value is -1.40. The number of hydrogen-bond donors (Lipinski definition) is 1. The topological polar surface area (TPSA) is 59.4 Å². The van der Waals surface area contributed by atoms with Crippen molar-refractivity contribution in [3.05, 3.63) is 17.0 Å². The molecule has 0 spiro atoms. The van der Waals surface area contributed by atoms with E-state index in [2.05, 4.69) is 29.2 Å². The van der Waals surface area contributed by atoms with Crippen LogP contribution in [0.2, 0.25) is 0 Å². The molecule has 0 aromatic carbocycles. The van der Waals surface area contributed by atoms with Gasteiger partial charge in [-0.2, -0.15) is 5.10 Å². The molecule has 2 aliphatic heterocycles. The van der Waals surface area contributed by atoms with Gasteiger partial charge in [0.15, 0.2) is 0 Å². The highest BCUT2D eigenvalue weighted by molar-refractivity contribution is 5.82. The van der Waals surface area contributed by atoms with Gasteiger partial charge in [-0.25, -0.2) is 0 Å². The Morgan fingerprint density at radius 3 is 2.68 bits per heavy atom. The Labute approximate surface area is 150 Å². The van der Waals surface area contributed by atoms with Gasteiger partial charge in [0.1, 0.15) is 0 Å². The highest BCUT2D eigenvalue weighted by Crippen LogP contribution is 2.25. The molecule has 140 valence electrons. The summed E-state index contributed by atoms with van der Waals surface area (Å²) in [6, 6.07) is 0.526. The van der Waals surface area contributed by atoms with E-state index in [0.29, 0.717) is 12.6 Å². The SMILES string of the molecule is CCc1nn(C)c(CC)c1CNC(=O)C1CCCN1C1CCOCC1. The molecule has 1 aromatic heterocycles. The number of ether oxygens (including phenoxy) is 1. The molecule has 0 aliphatic carbocycles. The van der Waals surface area contributed by atoms with Gasteiger partial charge in [-0.15, -0.1) is 0 Å². The summed E-state index contributed by atoms with van der Waals surface area (Å²) in [6.07, 6.45) is 6.02. The van der Waals surface area contributed by atoms with E-state index in [9.17, 15) is 4.79 Å². The zero-order chi connectivity index (χ0) is 17.8. The van der Waals surface area contributed by atoms with Crippen molar-refractivity contribution in [2.24, 2.45) is 7.05 Å². The molecule has 0 saturated carbocycles. The number of rotatable bonds is 6. The van der Waals surface area contributed by atoms with Gasteiger partial charge in [0.05, 0.1) is 11.7 Å². The third-order valence-electron chi connectivity index (χ3n) is 5.72. The first-order valence-electron chi connectivity index (χ1n) is 9.80. The van der Waals surface area contributed by atoms with Crippen molar-refractivity contribution in [2.75, 3.05) is 19.8 Å². The molecule has 0 radical (unpaired) electrons. The maximum Gasteiger partial charge on any atom is 0.237 e. The third-order valence-corrected chi connectivity index (χ3v) is 5.72. The fourth-order valence-electron chi connectivity index (χ4n) is 4.41. The second kappa shape index (κ2) is 8.32. The van der Waals surface area contributed by atoms with Crippen LogP contribution in [0.4, 0.5) is 0 Å². The lowest BCUT2D eigenvalue weighted by Gasteiger charge is -2.34. The minimum atomic E-state index is 0.0231. The number of likely N-dealkylation sites (tertiary alicyclic amines) is 1. The largest absolute Gasteiger partial charge is 0.381 e. The minimum Gasteiger partial charge on any atom is -0.381 e. The lowest BCUT2D eigenvalue weighted by molar-refractivity contribution is -0.127. The van der Waals surface area contributed by atoms with Crippen LogP contribution in [0.5, 0.6) is 0 Å². The number of carbonyl (C=O) groups excluding carboxylic acids is 1. The van der Waals surface area contributed by atoms with Crippen molar-refractivity contribution < 1.29 is 9.53 Å². The lowest BCUT2D eigenvalue weighted by atomic mass is 10.1. The molecule has 6 heteroatoms. The van der Waals surface area contributed by atoms with Crippen molar-refractivity contribution in [1.82, 2.24) is 20.0 Å². The van der Waals surface area contributed by atoms with Crippen molar-refractivity contribution in [3.8, 4) is 0 Å². The van der Waals surface area contributed by atoms with Crippen LogP contribution in [0.1, 0.15) is 56.5 Å². The Morgan fingerprint density at radius 2 is 2.00 bits per heavy atom.